The lowest BCUT2D eigenvalue weighted by Gasteiger charge is -2.24. The van der Waals surface area contributed by atoms with Crippen LogP contribution < -0.4 is 5.32 Å². The number of carbonyl (C=O) groups excluding carboxylic acids is 1. The molecule has 1 atom stereocenters. The van der Waals surface area contributed by atoms with Gasteiger partial charge in [0, 0.05) is 24.9 Å². The number of aryl methyl sites for hydroxylation is 1. The summed E-state index contributed by atoms with van der Waals surface area (Å²) < 4.78 is 0. The molecule has 0 spiro atoms. The number of rotatable bonds is 6. The van der Waals surface area contributed by atoms with Crippen molar-refractivity contribution in [1.29, 1.82) is 0 Å². The van der Waals surface area contributed by atoms with Gasteiger partial charge in [0.15, 0.2) is 0 Å². The fourth-order valence-corrected chi connectivity index (χ4v) is 2.36. The number of likely N-dealkylation sites (N-methyl/N-ethyl adjacent to an activating group) is 1. The second kappa shape index (κ2) is 7.04. The number of hydrogen-bond acceptors (Lipinski definition) is 3. The molecule has 5 heteroatoms. The predicted molar refractivity (Wildman–Crippen MR) is 82.9 cm³/mol. The summed E-state index contributed by atoms with van der Waals surface area (Å²) in [5.74, 6) is 0.0186. The fourth-order valence-electron chi connectivity index (χ4n) is 2.36. The lowest BCUT2D eigenvalue weighted by Crippen LogP contribution is -2.38. The van der Waals surface area contributed by atoms with Crippen molar-refractivity contribution in [3.05, 3.63) is 53.6 Å². The summed E-state index contributed by atoms with van der Waals surface area (Å²) in [5, 5.41) is 2.99. The number of carbonyl (C=O) groups is 1. The van der Waals surface area contributed by atoms with Crippen molar-refractivity contribution < 1.29 is 4.79 Å². The molecule has 2 aromatic rings. The molecule has 1 heterocycles. The summed E-state index contributed by atoms with van der Waals surface area (Å²) in [5.41, 5.74) is 3.19. The van der Waals surface area contributed by atoms with Crippen LogP contribution in [-0.4, -0.2) is 41.4 Å². The Morgan fingerprint density at radius 3 is 2.86 bits per heavy atom. The number of hydrogen-bond donors (Lipinski definition) is 2. The minimum Gasteiger partial charge on any atom is -0.354 e. The Balaban J connectivity index is 1.99. The van der Waals surface area contributed by atoms with Crippen molar-refractivity contribution in [2.24, 2.45) is 0 Å². The van der Waals surface area contributed by atoms with E-state index in [1.54, 1.807) is 12.5 Å². The zero-order valence-electron chi connectivity index (χ0n) is 12.8. The minimum atomic E-state index is -0.272. The van der Waals surface area contributed by atoms with Gasteiger partial charge in [-0.1, -0.05) is 29.8 Å². The van der Waals surface area contributed by atoms with Crippen LogP contribution in [0.3, 0.4) is 0 Å². The summed E-state index contributed by atoms with van der Waals surface area (Å²) in [6.07, 6.45) is 4.17. The van der Waals surface area contributed by atoms with Crippen LogP contribution in [0.4, 0.5) is 0 Å². The number of amides is 1. The molecule has 0 aliphatic heterocycles. The molecule has 0 aliphatic carbocycles. The SMILES string of the molecule is Cc1cccc(C(C(=O)NCCc2cnc[nH]2)N(C)C)c1. The van der Waals surface area contributed by atoms with Crippen molar-refractivity contribution in [3.63, 3.8) is 0 Å². The van der Waals surface area contributed by atoms with Gasteiger partial charge in [0.25, 0.3) is 0 Å². The molecular weight excluding hydrogens is 264 g/mol. The second-order valence-electron chi connectivity index (χ2n) is 5.40. The molecule has 0 fully saturated rings. The molecule has 0 saturated carbocycles. The summed E-state index contributed by atoms with van der Waals surface area (Å²) in [7, 11) is 3.84. The number of nitrogens with one attached hydrogen (secondary N) is 2. The van der Waals surface area contributed by atoms with E-state index >= 15 is 0 Å². The smallest absolute Gasteiger partial charge is 0.241 e. The maximum absolute atomic E-state index is 12.4. The molecule has 21 heavy (non-hydrogen) atoms. The molecule has 1 amide bonds. The fraction of sp³-hybridized carbons (Fsp3) is 0.375. The number of H-pyrrole nitrogens is 1. The monoisotopic (exact) mass is 286 g/mol. The standard InChI is InChI=1S/C16H22N4O/c1-12-5-4-6-13(9-12)15(20(2)3)16(21)18-8-7-14-10-17-11-19-14/h4-6,9-11,15H,7-8H2,1-3H3,(H,17,19)(H,18,21). The highest BCUT2D eigenvalue weighted by molar-refractivity contribution is 5.83. The van der Waals surface area contributed by atoms with Gasteiger partial charge in [-0.15, -0.1) is 0 Å². The van der Waals surface area contributed by atoms with Crippen molar-refractivity contribution in [2.45, 2.75) is 19.4 Å². The third kappa shape index (κ3) is 4.16. The zero-order chi connectivity index (χ0) is 15.2. The van der Waals surface area contributed by atoms with Crippen LogP contribution in [0, 0.1) is 6.92 Å². The average molecular weight is 286 g/mol. The molecule has 0 radical (unpaired) electrons. The molecular formula is C16H22N4O. The molecule has 0 aliphatic rings. The second-order valence-corrected chi connectivity index (χ2v) is 5.40. The number of benzene rings is 1. The van der Waals surface area contributed by atoms with E-state index in [-0.39, 0.29) is 11.9 Å². The van der Waals surface area contributed by atoms with Gasteiger partial charge in [-0.05, 0) is 26.6 Å². The van der Waals surface area contributed by atoms with Gasteiger partial charge in [0.05, 0.1) is 6.33 Å². The highest BCUT2D eigenvalue weighted by Crippen LogP contribution is 2.19. The van der Waals surface area contributed by atoms with E-state index in [4.69, 9.17) is 0 Å². The van der Waals surface area contributed by atoms with Gasteiger partial charge >= 0.3 is 0 Å². The van der Waals surface area contributed by atoms with E-state index < -0.39 is 0 Å². The van der Waals surface area contributed by atoms with E-state index in [9.17, 15) is 4.79 Å². The first-order chi connectivity index (χ1) is 10.1. The number of aromatic amines is 1. The molecule has 5 nitrogen and oxygen atoms in total. The normalized spacial score (nSPS) is 12.4. The van der Waals surface area contributed by atoms with Crippen molar-refractivity contribution in [1.82, 2.24) is 20.2 Å². The molecule has 1 aromatic carbocycles. The zero-order valence-corrected chi connectivity index (χ0v) is 12.8. The van der Waals surface area contributed by atoms with Gasteiger partial charge in [0.1, 0.15) is 6.04 Å². The molecule has 0 bridgehead atoms. The molecule has 0 saturated heterocycles. The van der Waals surface area contributed by atoms with Crippen molar-refractivity contribution in [3.8, 4) is 0 Å². The summed E-state index contributed by atoms with van der Waals surface area (Å²) >= 11 is 0. The first-order valence-corrected chi connectivity index (χ1v) is 7.06. The first kappa shape index (κ1) is 15.3. The van der Waals surface area contributed by atoms with Crippen LogP contribution in [0.25, 0.3) is 0 Å². The predicted octanol–water partition coefficient (Wildman–Crippen LogP) is 1.68. The number of imidazole rings is 1. The Morgan fingerprint density at radius 1 is 1.43 bits per heavy atom. The highest BCUT2D eigenvalue weighted by atomic mass is 16.2. The summed E-state index contributed by atoms with van der Waals surface area (Å²) in [4.78, 5) is 21.4. The number of nitrogens with zero attached hydrogens (tertiary/aromatic N) is 2. The van der Waals surface area contributed by atoms with Crippen molar-refractivity contribution in [2.75, 3.05) is 20.6 Å². The van der Waals surface area contributed by atoms with Crippen LogP contribution >= 0.6 is 0 Å². The molecule has 2 rings (SSSR count). The van der Waals surface area contributed by atoms with Gasteiger partial charge in [0.2, 0.25) is 5.91 Å². The topological polar surface area (TPSA) is 61.0 Å². The van der Waals surface area contributed by atoms with Gasteiger partial charge in [-0.25, -0.2) is 4.98 Å². The van der Waals surface area contributed by atoms with Crippen molar-refractivity contribution >= 4 is 5.91 Å². The maximum Gasteiger partial charge on any atom is 0.241 e. The quantitative estimate of drug-likeness (QED) is 0.849. The van der Waals surface area contributed by atoms with Crippen LogP contribution in [0.5, 0.6) is 0 Å². The Labute approximate surface area is 125 Å². The van der Waals surface area contributed by atoms with E-state index in [0.29, 0.717) is 6.54 Å². The van der Waals surface area contributed by atoms with Crippen LogP contribution in [0.1, 0.15) is 22.9 Å². The van der Waals surface area contributed by atoms with Crippen LogP contribution in [0.15, 0.2) is 36.8 Å². The molecule has 112 valence electrons. The van der Waals surface area contributed by atoms with E-state index in [1.807, 2.05) is 44.1 Å². The minimum absolute atomic E-state index is 0.0186. The van der Waals surface area contributed by atoms with E-state index in [2.05, 4.69) is 21.4 Å². The van der Waals surface area contributed by atoms with E-state index in [1.165, 1.54) is 0 Å². The Hall–Kier alpha value is -2.14. The Kier molecular flexibility index (Phi) is 5.11. The van der Waals surface area contributed by atoms with Gasteiger partial charge in [-0.2, -0.15) is 0 Å². The lowest BCUT2D eigenvalue weighted by atomic mass is 10.0. The molecule has 1 aromatic heterocycles. The average Bonchev–Trinajstić information content (AvgIpc) is 2.91. The maximum atomic E-state index is 12.4. The molecule has 1 unspecified atom stereocenters. The van der Waals surface area contributed by atoms with Gasteiger partial charge in [-0.3, -0.25) is 9.69 Å². The third-order valence-electron chi connectivity index (χ3n) is 3.37. The summed E-state index contributed by atoms with van der Waals surface area (Å²) in [6.45, 7) is 2.63. The number of aromatic nitrogens is 2. The van der Waals surface area contributed by atoms with Crippen LogP contribution in [-0.2, 0) is 11.2 Å². The van der Waals surface area contributed by atoms with E-state index in [0.717, 1.165) is 23.2 Å². The highest BCUT2D eigenvalue weighted by Gasteiger charge is 2.22. The third-order valence-corrected chi connectivity index (χ3v) is 3.37. The largest absolute Gasteiger partial charge is 0.354 e. The molecule has 2 N–H and O–H groups in total. The Bertz CT molecular complexity index is 578. The van der Waals surface area contributed by atoms with Gasteiger partial charge < -0.3 is 10.3 Å². The van der Waals surface area contributed by atoms with Crippen LogP contribution in [0.2, 0.25) is 0 Å². The first-order valence-electron chi connectivity index (χ1n) is 7.06. The lowest BCUT2D eigenvalue weighted by molar-refractivity contribution is -0.125. The summed E-state index contributed by atoms with van der Waals surface area (Å²) in [6, 6.07) is 7.79. The Morgan fingerprint density at radius 2 is 2.24 bits per heavy atom.